The Labute approximate surface area is 184 Å². The fraction of sp³-hybridized carbons (Fsp3) is 0.471. The molecule has 2 rings (SSSR count). The van der Waals surface area contributed by atoms with Crippen LogP contribution in [-0.4, -0.2) is 54.2 Å². The van der Waals surface area contributed by atoms with E-state index in [4.69, 9.17) is 11.6 Å². The fourth-order valence-corrected chi connectivity index (χ4v) is 5.12. The first-order valence-electron chi connectivity index (χ1n) is 8.65. The van der Waals surface area contributed by atoms with Crippen LogP contribution in [0.4, 0.5) is 10.8 Å². The Hall–Kier alpha value is -1.40. The van der Waals surface area contributed by atoms with Gasteiger partial charge in [-0.1, -0.05) is 34.7 Å². The zero-order valence-electron chi connectivity index (χ0n) is 16.8. The second-order valence-corrected chi connectivity index (χ2v) is 12.2. The van der Waals surface area contributed by atoms with Crippen LogP contribution in [-0.2, 0) is 14.8 Å². The molecule has 2 N–H and O–H groups in total. The summed E-state index contributed by atoms with van der Waals surface area (Å²) in [5.74, 6) is 0.236. The van der Waals surface area contributed by atoms with E-state index >= 15 is 0 Å². The molecule has 0 bridgehead atoms. The predicted molar refractivity (Wildman–Crippen MR) is 120 cm³/mol. The molecular formula is C17H24ClN5O3S3. The van der Waals surface area contributed by atoms with Gasteiger partial charge in [0.05, 0.1) is 15.6 Å². The van der Waals surface area contributed by atoms with E-state index in [1.165, 1.54) is 55.4 Å². The number of nitrogens with one attached hydrogen (secondary N) is 2. The van der Waals surface area contributed by atoms with E-state index in [1.54, 1.807) is 0 Å². The SMILES string of the molecule is CN(C)S(=O)(=O)c1ccc(Cl)c(NC(=O)CCSc2nnc(NC(C)(C)C)s2)c1. The molecule has 8 nitrogen and oxygen atoms in total. The molecular weight excluding hydrogens is 454 g/mol. The summed E-state index contributed by atoms with van der Waals surface area (Å²) in [5, 5.41) is 15.1. The van der Waals surface area contributed by atoms with Crippen LogP contribution in [0.5, 0.6) is 0 Å². The number of nitrogens with zero attached hydrogens (tertiary/aromatic N) is 3. The molecule has 1 aromatic carbocycles. The van der Waals surface area contributed by atoms with Crippen molar-refractivity contribution in [1.82, 2.24) is 14.5 Å². The molecule has 1 aromatic heterocycles. The smallest absolute Gasteiger partial charge is 0.242 e. The van der Waals surface area contributed by atoms with Crippen molar-refractivity contribution in [2.24, 2.45) is 0 Å². The lowest BCUT2D eigenvalue weighted by molar-refractivity contribution is -0.115. The third-order valence-electron chi connectivity index (χ3n) is 3.43. The largest absolute Gasteiger partial charge is 0.355 e. The van der Waals surface area contributed by atoms with Gasteiger partial charge in [0, 0.05) is 31.8 Å². The van der Waals surface area contributed by atoms with E-state index in [9.17, 15) is 13.2 Å². The Kier molecular flexibility index (Phi) is 7.91. The van der Waals surface area contributed by atoms with E-state index in [-0.39, 0.29) is 33.5 Å². The van der Waals surface area contributed by atoms with Gasteiger partial charge in [0.1, 0.15) is 0 Å². The van der Waals surface area contributed by atoms with Gasteiger partial charge in [0.2, 0.25) is 21.1 Å². The van der Waals surface area contributed by atoms with Gasteiger partial charge in [0.25, 0.3) is 0 Å². The standard InChI is InChI=1S/C17H24ClN5O3S3/c1-17(2,3)20-15-21-22-16(28-15)27-9-8-14(24)19-13-10-11(6-7-12(13)18)29(25,26)23(4)5/h6-7,10H,8-9H2,1-5H3,(H,19,24)(H,20,21). The highest BCUT2D eigenvalue weighted by atomic mass is 35.5. The summed E-state index contributed by atoms with van der Waals surface area (Å²) in [7, 11) is -0.737. The number of anilines is 2. The molecule has 0 aliphatic heterocycles. The summed E-state index contributed by atoms with van der Waals surface area (Å²) >= 11 is 8.96. The third-order valence-corrected chi connectivity index (χ3v) is 7.55. The number of hydrogen-bond donors (Lipinski definition) is 2. The average molecular weight is 478 g/mol. The molecule has 0 unspecified atom stereocenters. The molecule has 1 heterocycles. The highest BCUT2D eigenvalue weighted by Gasteiger charge is 2.19. The topological polar surface area (TPSA) is 104 Å². The lowest BCUT2D eigenvalue weighted by Gasteiger charge is -2.18. The first-order chi connectivity index (χ1) is 13.4. The number of thioether (sulfide) groups is 1. The molecule has 12 heteroatoms. The Morgan fingerprint density at radius 2 is 1.97 bits per heavy atom. The van der Waals surface area contributed by atoms with Crippen molar-refractivity contribution in [2.45, 2.75) is 42.0 Å². The van der Waals surface area contributed by atoms with Crippen molar-refractivity contribution >= 4 is 61.4 Å². The van der Waals surface area contributed by atoms with Crippen molar-refractivity contribution in [3.05, 3.63) is 23.2 Å². The van der Waals surface area contributed by atoms with Crippen LogP contribution < -0.4 is 10.6 Å². The summed E-state index contributed by atoms with van der Waals surface area (Å²) in [6.45, 7) is 6.11. The number of sulfonamides is 1. The maximum Gasteiger partial charge on any atom is 0.242 e. The number of aromatic nitrogens is 2. The van der Waals surface area contributed by atoms with E-state index < -0.39 is 10.0 Å². The van der Waals surface area contributed by atoms with Gasteiger partial charge >= 0.3 is 0 Å². The third kappa shape index (κ3) is 7.10. The van der Waals surface area contributed by atoms with Crippen molar-refractivity contribution in [3.8, 4) is 0 Å². The molecule has 0 spiro atoms. The molecule has 0 saturated carbocycles. The van der Waals surface area contributed by atoms with E-state index in [1.807, 2.05) is 20.8 Å². The first kappa shape index (κ1) is 23.9. The van der Waals surface area contributed by atoms with Crippen LogP contribution in [0.2, 0.25) is 5.02 Å². The molecule has 0 radical (unpaired) electrons. The Balaban J connectivity index is 1.93. The second-order valence-electron chi connectivity index (χ2n) is 7.32. The molecule has 0 atom stereocenters. The quantitative estimate of drug-likeness (QED) is 0.557. The zero-order valence-corrected chi connectivity index (χ0v) is 20.0. The lowest BCUT2D eigenvalue weighted by Crippen LogP contribution is -2.25. The maximum atomic E-state index is 12.3. The minimum atomic E-state index is -3.62. The Morgan fingerprint density at radius 1 is 1.28 bits per heavy atom. The normalized spacial score (nSPS) is 12.2. The average Bonchev–Trinajstić information content (AvgIpc) is 3.01. The number of carbonyl (C=O) groups excluding carboxylic acids is 1. The summed E-state index contributed by atoms with van der Waals surface area (Å²) in [6.07, 6.45) is 0.216. The minimum absolute atomic E-state index is 0.0595. The molecule has 0 aliphatic carbocycles. The van der Waals surface area contributed by atoms with Crippen molar-refractivity contribution in [2.75, 3.05) is 30.5 Å². The maximum absolute atomic E-state index is 12.3. The van der Waals surface area contributed by atoms with Gasteiger partial charge in [-0.15, -0.1) is 10.2 Å². The molecule has 0 aliphatic rings. The van der Waals surface area contributed by atoms with Crippen molar-refractivity contribution in [3.63, 3.8) is 0 Å². The van der Waals surface area contributed by atoms with Crippen molar-refractivity contribution < 1.29 is 13.2 Å². The molecule has 1 amide bonds. The van der Waals surface area contributed by atoms with Gasteiger partial charge in [-0.2, -0.15) is 0 Å². The van der Waals surface area contributed by atoms with E-state index in [0.717, 1.165) is 13.8 Å². The highest BCUT2D eigenvalue weighted by Crippen LogP contribution is 2.29. The Bertz CT molecular complexity index is 971. The zero-order chi connectivity index (χ0) is 21.8. The minimum Gasteiger partial charge on any atom is -0.355 e. The summed E-state index contributed by atoms with van der Waals surface area (Å²) in [4.78, 5) is 12.3. The summed E-state index contributed by atoms with van der Waals surface area (Å²) < 4.78 is 26.4. The predicted octanol–water partition coefficient (Wildman–Crippen LogP) is 3.77. The lowest BCUT2D eigenvalue weighted by atomic mass is 10.1. The van der Waals surface area contributed by atoms with Gasteiger partial charge in [-0.3, -0.25) is 4.79 Å². The Morgan fingerprint density at radius 3 is 2.59 bits per heavy atom. The van der Waals surface area contributed by atoms with Crippen LogP contribution in [0.15, 0.2) is 27.4 Å². The van der Waals surface area contributed by atoms with Gasteiger partial charge in [0.15, 0.2) is 4.34 Å². The first-order valence-corrected chi connectivity index (χ1v) is 12.3. The number of halogens is 1. The second kappa shape index (κ2) is 9.61. The molecule has 0 saturated heterocycles. The number of benzene rings is 1. The van der Waals surface area contributed by atoms with E-state index in [2.05, 4.69) is 20.8 Å². The summed E-state index contributed by atoms with van der Waals surface area (Å²) in [5.41, 5.74) is 0.159. The number of hydrogen-bond acceptors (Lipinski definition) is 8. The van der Waals surface area contributed by atoms with Crippen LogP contribution in [0.3, 0.4) is 0 Å². The van der Waals surface area contributed by atoms with Gasteiger partial charge in [-0.05, 0) is 39.0 Å². The van der Waals surface area contributed by atoms with Crippen LogP contribution in [0, 0.1) is 0 Å². The highest BCUT2D eigenvalue weighted by molar-refractivity contribution is 8.01. The fourth-order valence-electron chi connectivity index (χ4n) is 2.05. The number of carbonyl (C=O) groups is 1. The molecule has 29 heavy (non-hydrogen) atoms. The number of rotatable bonds is 8. The molecule has 0 fully saturated rings. The van der Waals surface area contributed by atoms with Gasteiger partial charge < -0.3 is 10.6 Å². The van der Waals surface area contributed by atoms with Gasteiger partial charge in [-0.25, -0.2) is 12.7 Å². The van der Waals surface area contributed by atoms with Crippen LogP contribution >= 0.6 is 34.7 Å². The monoisotopic (exact) mass is 477 g/mol. The van der Waals surface area contributed by atoms with E-state index in [0.29, 0.717) is 5.75 Å². The van der Waals surface area contributed by atoms with Crippen LogP contribution in [0.25, 0.3) is 0 Å². The summed E-state index contributed by atoms with van der Waals surface area (Å²) in [6, 6.07) is 4.22. The molecule has 160 valence electrons. The van der Waals surface area contributed by atoms with Crippen molar-refractivity contribution in [1.29, 1.82) is 0 Å². The van der Waals surface area contributed by atoms with Crippen LogP contribution in [0.1, 0.15) is 27.2 Å². The molecule has 2 aromatic rings. The number of amides is 1.